The third-order valence-corrected chi connectivity index (χ3v) is 2.92. The number of nitrogens with two attached hydrogens (primary N) is 1. The van der Waals surface area contributed by atoms with Crippen LogP contribution in [0.25, 0.3) is 10.8 Å². The molecule has 2 rings (SSSR count). The summed E-state index contributed by atoms with van der Waals surface area (Å²) in [5, 5.41) is 5.87. The molecule has 17 heavy (non-hydrogen) atoms. The van der Waals surface area contributed by atoms with E-state index in [4.69, 9.17) is 5.73 Å². The predicted molar refractivity (Wildman–Crippen MR) is 73.9 cm³/mol. The Bertz CT molecular complexity index is 505. The largest absolute Gasteiger partial charge is 0.329 e. The molecule has 0 saturated heterocycles. The zero-order valence-electron chi connectivity index (χ0n) is 9.89. The second-order valence-electron chi connectivity index (χ2n) is 4.09. The summed E-state index contributed by atoms with van der Waals surface area (Å²) in [5.41, 5.74) is 7.02. The lowest BCUT2D eigenvalue weighted by Crippen LogP contribution is -2.28. The van der Waals surface area contributed by atoms with Crippen LogP contribution < -0.4 is 11.1 Å². The van der Waals surface area contributed by atoms with Gasteiger partial charge in [-0.25, -0.2) is 0 Å². The minimum atomic E-state index is 0.192. The van der Waals surface area contributed by atoms with E-state index < -0.39 is 0 Å². The lowest BCUT2D eigenvalue weighted by Gasteiger charge is -2.16. The average molecular weight is 226 g/mol. The third-order valence-electron chi connectivity index (χ3n) is 2.92. The summed E-state index contributed by atoms with van der Waals surface area (Å²) in [6.45, 7) is 5.07. The Morgan fingerprint density at radius 2 is 1.94 bits per heavy atom. The average Bonchev–Trinajstić information content (AvgIpc) is 2.39. The van der Waals surface area contributed by atoms with E-state index in [9.17, 15) is 0 Å². The minimum absolute atomic E-state index is 0.192. The normalized spacial score (nSPS) is 12.5. The van der Waals surface area contributed by atoms with Gasteiger partial charge in [-0.2, -0.15) is 0 Å². The standard InChI is InChI=1S/C15H18N2/c1-2-9-17-15(11-16)14-8-7-12-5-3-4-6-13(12)10-14/h2-8,10,15,17H,1,9,11,16H2. The van der Waals surface area contributed by atoms with Gasteiger partial charge in [0.1, 0.15) is 0 Å². The first-order valence-electron chi connectivity index (χ1n) is 5.88. The maximum Gasteiger partial charge on any atom is 0.0447 e. The highest BCUT2D eigenvalue weighted by Gasteiger charge is 2.08. The second-order valence-corrected chi connectivity index (χ2v) is 4.09. The van der Waals surface area contributed by atoms with Crippen LogP contribution in [-0.2, 0) is 0 Å². The number of hydrogen-bond acceptors (Lipinski definition) is 2. The van der Waals surface area contributed by atoms with Crippen LogP contribution in [0.1, 0.15) is 11.6 Å². The van der Waals surface area contributed by atoms with Crippen LogP contribution in [0.4, 0.5) is 0 Å². The van der Waals surface area contributed by atoms with Crippen LogP contribution in [0, 0.1) is 0 Å². The molecular weight excluding hydrogens is 208 g/mol. The molecule has 0 aliphatic rings. The van der Waals surface area contributed by atoms with E-state index in [2.05, 4.69) is 54.4 Å². The first-order valence-corrected chi connectivity index (χ1v) is 5.88. The molecular formula is C15H18N2. The zero-order valence-corrected chi connectivity index (χ0v) is 9.89. The Hall–Kier alpha value is -1.64. The molecule has 1 unspecified atom stereocenters. The number of hydrogen-bond donors (Lipinski definition) is 2. The van der Waals surface area contributed by atoms with Crippen molar-refractivity contribution < 1.29 is 0 Å². The molecule has 2 aromatic rings. The molecule has 1 atom stereocenters. The van der Waals surface area contributed by atoms with E-state index >= 15 is 0 Å². The minimum Gasteiger partial charge on any atom is -0.329 e. The van der Waals surface area contributed by atoms with Gasteiger partial charge in [-0.1, -0.05) is 42.5 Å². The molecule has 0 aliphatic carbocycles. The van der Waals surface area contributed by atoms with Crippen molar-refractivity contribution in [2.45, 2.75) is 6.04 Å². The Labute approximate surface area is 102 Å². The fourth-order valence-corrected chi connectivity index (χ4v) is 1.99. The highest BCUT2D eigenvalue weighted by molar-refractivity contribution is 5.83. The summed E-state index contributed by atoms with van der Waals surface area (Å²) >= 11 is 0. The quantitative estimate of drug-likeness (QED) is 0.769. The van der Waals surface area contributed by atoms with E-state index in [1.165, 1.54) is 16.3 Å². The maximum atomic E-state index is 5.79. The second kappa shape index (κ2) is 5.62. The van der Waals surface area contributed by atoms with E-state index in [1.807, 2.05) is 6.08 Å². The van der Waals surface area contributed by atoms with E-state index in [-0.39, 0.29) is 6.04 Å². The van der Waals surface area contributed by atoms with Crippen molar-refractivity contribution in [2.75, 3.05) is 13.1 Å². The first-order chi connectivity index (χ1) is 8.35. The summed E-state index contributed by atoms with van der Waals surface area (Å²) in [6, 6.07) is 15.0. The Balaban J connectivity index is 2.30. The SMILES string of the molecule is C=CCNC(CN)c1ccc2ccccc2c1. The molecule has 0 heterocycles. The van der Waals surface area contributed by atoms with Gasteiger partial charge >= 0.3 is 0 Å². The Kier molecular flexibility index (Phi) is 3.91. The summed E-state index contributed by atoms with van der Waals surface area (Å²) in [5.74, 6) is 0. The number of fused-ring (bicyclic) bond motifs is 1. The molecule has 88 valence electrons. The summed E-state index contributed by atoms with van der Waals surface area (Å²) < 4.78 is 0. The summed E-state index contributed by atoms with van der Waals surface area (Å²) in [6.07, 6.45) is 1.85. The molecule has 0 spiro atoms. The van der Waals surface area contributed by atoms with Crippen molar-refractivity contribution in [3.8, 4) is 0 Å². The van der Waals surface area contributed by atoms with Crippen molar-refractivity contribution in [2.24, 2.45) is 5.73 Å². The molecule has 2 aromatic carbocycles. The van der Waals surface area contributed by atoms with Gasteiger partial charge in [0.05, 0.1) is 0 Å². The van der Waals surface area contributed by atoms with Gasteiger partial charge in [-0.05, 0) is 22.4 Å². The van der Waals surface area contributed by atoms with Crippen LogP contribution in [0.2, 0.25) is 0 Å². The van der Waals surface area contributed by atoms with E-state index in [0.29, 0.717) is 6.54 Å². The molecule has 0 bridgehead atoms. The van der Waals surface area contributed by atoms with Gasteiger partial charge in [-0.15, -0.1) is 6.58 Å². The van der Waals surface area contributed by atoms with Crippen LogP contribution in [-0.4, -0.2) is 13.1 Å². The van der Waals surface area contributed by atoms with Crippen molar-refractivity contribution in [1.29, 1.82) is 0 Å². The third kappa shape index (κ3) is 2.73. The van der Waals surface area contributed by atoms with E-state index in [1.54, 1.807) is 0 Å². The summed E-state index contributed by atoms with van der Waals surface area (Å²) in [7, 11) is 0. The van der Waals surface area contributed by atoms with Crippen molar-refractivity contribution >= 4 is 10.8 Å². The molecule has 0 aromatic heterocycles. The number of rotatable bonds is 5. The number of benzene rings is 2. The lowest BCUT2D eigenvalue weighted by molar-refractivity contribution is 0.578. The maximum absolute atomic E-state index is 5.79. The highest BCUT2D eigenvalue weighted by atomic mass is 14.9. The Morgan fingerprint density at radius 3 is 2.65 bits per heavy atom. The molecule has 0 aliphatic heterocycles. The molecule has 3 N–H and O–H groups in total. The lowest BCUT2D eigenvalue weighted by atomic mass is 10.0. The van der Waals surface area contributed by atoms with Crippen molar-refractivity contribution in [3.63, 3.8) is 0 Å². The van der Waals surface area contributed by atoms with Crippen LogP contribution in [0.3, 0.4) is 0 Å². The monoisotopic (exact) mass is 226 g/mol. The number of nitrogens with one attached hydrogen (secondary N) is 1. The zero-order chi connectivity index (χ0) is 12.1. The molecule has 0 amide bonds. The smallest absolute Gasteiger partial charge is 0.0447 e. The topological polar surface area (TPSA) is 38.0 Å². The fraction of sp³-hybridized carbons (Fsp3) is 0.200. The van der Waals surface area contributed by atoms with Crippen molar-refractivity contribution in [3.05, 3.63) is 60.7 Å². The fourth-order valence-electron chi connectivity index (χ4n) is 1.99. The van der Waals surface area contributed by atoms with Gasteiger partial charge < -0.3 is 11.1 Å². The predicted octanol–water partition coefficient (Wildman–Crippen LogP) is 2.62. The molecule has 0 fully saturated rings. The molecule has 0 saturated carbocycles. The van der Waals surface area contributed by atoms with Crippen LogP contribution in [0.5, 0.6) is 0 Å². The van der Waals surface area contributed by atoms with Gasteiger partial charge in [-0.3, -0.25) is 0 Å². The molecule has 0 radical (unpaired) electrons. The van der Waals surface area contributed by atoms with Crippen LogP contribution >= 0.6 is 0 Å². The van der Waals surface area contributed by atoms with E-state index in [0.717, 1.165) is 6.54 Å². The van der Waals surface area contributed by atoms with Crippen LogP contribution in [0.15, 0.2) is 55.1 Å². The van der Waals surface area contributed by atoms with Crippen molar-refractivity contribution in [1.82, 2.24) is 5.32 Å². The van der Waals surface area contributed by atoms with Gasteiger partial charge in [0.2, 0.25) is 0 Å². The highest BCUT2D eigenvalue weighted by Crippen LogP contribution is 2.19. The first kappa shape index (κ1) is 11.8. The summed E-state index contributed by atoms with van der Waals surface area (Å²) in [4.78, 5) is 0. The molecule has 2 nitrogen and oxygen atoms in total. The van der Waals surface area contributed by atoms with Gasteiger partial charge in [0.15, 0.2) is 0 Å². The van der Waals surface area contributed by atoms with Gasteiger partial charge in [0, 0.05) is 19.1 Å². The Morgan fingerprint density at radius 1 is 1.18 bits per heavy atom. The molecule has 2 heteroatoms. The van der Waals surface area contributed by atoms with Gasteiger partial charge in [0.25, 0.3) is 0 Å².